The number of hydrogen-bond acceptors (Lipinski definition) is 2. The highest BCUT2D eigenvalue weighted by molar-refractivity contribution is 5.32. The van der Waals surface area contributed by atoms with E-state index in [4.69, 9.17) is 0 Å². The van der Waals surface area contributed by atoms with Gasteiger partial charge in [-0.15, -0.1) is 0 Å². The van der Waals surface area contributed by atoms with Crippen LogP contribution in [-0.4, -0.2) is 12.6 Å². The van der Waals surface area contributed by atoms with Crippen molar-refractivity contribution in [1.82, 2.24) is 0 Å². The average Bonchev–Trinajstić information content (AvgIpc) is 2.19. The molecule has 74 valence electrons. The molecule has 0 aliphatic rings. The highest BCUT2D eigenvalue weighted by atomic mass is 19.1. The van der Waals surface area contributed by atoms with Gasteiger partial charge in [0.25, 0.3) is 0 Å². The van der Waals surface area contributed by atoms with Crippen molar-refractivity contribution in [3.63, 3.8) is 0 Å². The molecule has 0 fully saturated rings. The van der Waals surface area contributed by atoms with Crippen LogP contribution in [0.3, 0.4) is 0 Å². The highest BCUT2D eigenvalue weighted by Crippen LogP contribution is 2.20. The van der Waals surface area contributed by atoms with Gasteiger partial charge in [-0.3, -0.25) is 0 Å². The van der Waals surface area contributed by atoms with Crippen molar-refractivity contribution in [2.45, 2.75) is 12.6 Å². The first-order valence-electron chi connectivity index (χ1n) is 4.17. The topological polar surface area (TPSA) is 29.4 Å². The summed E-state index contributed by atoms with van der Waals surface area (Å²) in [5, 5.41) is 0. The average molecular weight is 197 g/mol. The van der Waals surface area contributed by atoms with E-state index in [2.05, 4.69) is 4.99 Å². The minimum absolute atomic E-state index is 0.0992. The second-order valence-electron chi connectivity index (χ2n) is 2.78. The molecule has 14 heavy (non-hydrogen) atoms. The Morgan fingerprint density at radius 3 is 2.57 bits per heavy atom. The Labute approximate surface area is 80.3 Å². The summed E-state index contributed by atoms with van der Waals surface area (Å²) in [7, 11) is 0. The monoisotopic (exact) mass is 197 g/mol. The van der Waals surface area contributed by atoms with Gasteiger partial charge in [-0.1, -0.05) is 12.1 Å². The molecule has 2 nitrogen and oxygen atoms in total. The zero-order valence-corrected chi connectivity index (χ0v) is 7.41. The molecule has 1 rings (SSSR count). The standard InChI is InChI=1S/C10H9F2NO/c11-9-3-1-8(2-4-9)10(12)5-6-13-7-14/h1-4,10H,5-6H2. The molecule has 4 heteroatoms. The van der Waals surface area contributed by atoms with E-state index in [9.17, 15) is 13.6 Å². The van der Waals surface area contributed by atoms with Crippen LogP contribution in [0.1, 0.15) is 18.2 Å². The number of carbonyl (C=O) groups excluding carboxylic acids is 1. The summed E-state index contributed by atoms with van der Waals surface area (Å²) in [5.41, 5.74) is 0.396. The van der Waals surface area contributed by atoms with Gasteiger partial charge in [-0.05, 0) is 17.7 Å². The third-order valence-corrected chi connectivity index (χ3v) is 1.79. The minimum Gasteiger partial charge on any atom is -0.242 e. The van der Waals surface area contributed by atoms with E-state index >= 15 is 0 Å². The lowest BCUT2D eigenvalue weighted by Gasteiger charge is -2.05. The van der Waals surface area contributed by atoms with E-state index in [0.29, 0.717) is 5.56 Å². The zero-order valence-electron chi connectivity index (χ0n) is 7.41. The van der Waals surface area contributed by atoms with Crippen LogP contribution in [-0.2, 0) is 4.79 Å². The molecule has 0 spiro atoms. The third kappa shape index (κ3) is 3.07. The highest BCUT2D eigenvalue weighted by Gasteiger charge is 2.08. The summed E-state index contributed by atoms with van der Waals surface area (Å²) < 4.78 is 25.7. The van der Waals surface area contributed by atoms with Gasteiger partial charge < -0.3 is 0 Å². The maximum atomic E-state index is 13.3. The van der Waals surface area contributed by atoms with E-state index in [0.717, 1.165) is 0 Å². The van der Waals surface area contributed by atoms with Crippen LogP contribution in [0.15, 0.2) is 29.3 Å². The van der Waals surface area contributed by atoms with Crippen LogP contribution in [0.5, 0.6) is 0 Å². The Morgan fingerprint density at radius 1 is 1.36 bits per heavy atom. The van der Waals surface area contributed by atoms with Gasteiger partial charge in [0.2, 0.25) is 6.08 Å². The fraction of sp³-hybridized carbons (Fsp3) is 0.300. The van der Waals surface area contributed by atoms with Gasteiger partial charge in [-0.2, -0.15) is 0 Å². The quantitative estimate of drug-likeness (QED) is 0.538. The summed E-state index contributed by atoms with van der Waals surface area (Å²) in [6, 6.07) is 5.16. The number of hydrogen-bond donors (Lipinski definition) is 0. The predicted octanol–water partition coefficient (Wildman–Crippen LogP) is 2.56. The minimum atomic E-state index is -1.22. The SMILES string of the molecule is O=C=NCCC(F)c1ccc(F)cc1. The van der Waals surface area contributed by atoms with Gasteiger partial charge >= 0.3 is 0 Å². The molecule has 0 aromatic heterocycles. The summed E-state index contributed by atoms with van der Waals surface area (Å²) in [6.07, 6.45) is 0.229. The third-order valence-electron chi connectivity index (χ3n) is 1.79. The molecule has 1 atom stereocenters. The van der Waals surface area contributed by atoms with E-state index in [1.54, 1.807) is 0 Å². The lowest BCUT2D eigenvalue weighted by Crippen LogP contribution is -1.94. The molecule has 0 heterocycles. The first kappa shape index (κ1) is 10.5. The van der Waals surface area contributed by atoms with Crippen molar-refractivity contribution < 1.29 is 13.6 Å². The second kappa shape index (κ2) is 5.25. The fourth-order valence-electron chi connectivity index (χ4n) is 1.06. The molecule has 0 saturated carbocycles. The molecule has 0 aliphatic carbocycles. The van der Waals surface area contributed by atoms with E-state index in [-0.39, 0.29) is 13.0 Å². The number of benzene rings is 1. The summed E-state index contributed by atoms with van der Waals surface area (Å²) in [6.45, 7) is 0.0992. The van der Waals surface area contributed by atoms with Gasteiger partial charge in [0.05, 0.1) is 6.54 Å². The summed E-state index contributed by atoms with van der Waals surface area (Å²) in [5.74, 6) is -0.396. The molecule has 1 aromatic rings. The molecule has 1 unspecified atom stereocenters. The largest absolute Gasteiger partial charge is 0.242 e. The number of isocyanates is 1. The number of nitrogens with zero attached hydrogens (tertiary/aromatic N) is 1. The maximum absolute atomic E-state index is 13.3. The fourth-order valence-corrected chi connectivity index (χ4v) is 1.06. The Kier molecular flexibility index (Phi) is 3.95. The Morgan fingerprint density at radius 2 is 2.00 bits per heavy atom. The molecular formula is C10H9F2NO. The molecule has 0 N–H and O–H groups in total. The lowest BCUT2D eigenvalue weighted by molar-refractivity contribution is 0.327. The Hall–Kier alpha value is -1.54. The van der Waals surface area contributed by atoms with Crippen molar-refractivity contribution >= 4 is 6.08 Å². The Bertz CT molecular complexity index is 330. The smallest absolute Gasteiger partial charge is 0.234 e. The first-order valence-corrected chi connectivity index (χ1v) is 4.17. The Balaban J connectivity index is 2.55. The summed E-state index contributed by atoms with van der Waals surface area (Å²) in [4.78, 5) is 12.9. The summed E-state index contributed by atoms with van der Waals surface area (Å²) >= 11 is 0. The van der Waals surface area contributed by atoms with Gasteiger partial charge in [0.15, 0.2) is 0 Å². The van der Waals surface area contributed by atoms with Gasteiger partial charge in [0.1, 0.15) is 12.0 Å². The molecule has 0 aliphatic heterocycles. The second-order valence-corrected chi connectivity index (χ2v) is 2.78. The van der Waals surface area contributed by atoms with E-state index in [1.807, 2.05) is 0 Å². The molecular weight excluding hydrogens is 188 g/mol. The zero-order chi connectivity index (χ0) is 10.4. The van der Waals surface area contributed by atoms with Crippen molar-refractivity contribution in [3.8, 4) is 0 Å². The molecule has 0 amide bonds. The lowest BCUT2D eigenvalue weighted by atomic mass is 10.1. The number of alkyl halides is 1. The van der Waals surface area contributed by atoms with Crippen molar-refractivity contribution in [3.05, 3.63) is 35.6 Å². The number of rotatable bonds is 4. The van der Waals surface area contributed by atoms with Crippen LogP contribution in [0, 0.1) is 5.82 Å². The number of halogens is 2. The molecule has 1 aromatic carbocycles. The molecule has 0 saturated heterocycles. The van der Waals surface area contributed by atoms with E-state index < -0.39 is 12.0 Å². The molecule has 0 radical (unpaired) electrons. The van der Waals surface area contributed by atoms with Crippen LogP contribution < -0.4 is 0 Å². The van der Waals surface area contributed by atoms with Crippen LogP contribution in [0.2, 0.25) is 0 Å². The van der Waals surface area contributed by atoms with Crippen molar-refractivity contribution in [2.24, 2.45) is 4.99 Å². The van der Waals surface area contributed by atoms with Crippen LogP contribution in [0.4, 0.5) is 8.78 Å². The maximum Gasteiger partial charge on any atom is 0.234 e. The molecule has 0 bridgehead atoms. The number of aliphatic imine (C=N–C) groups is 1. The predicted molar refractivity (Wildman–Crippen MR) is 47.9 cm³/mol. The van der Waals surface area contributed by atoms with Crippen molar-refractivity contribution in [2.75, 3.05) is 6.54 Å². The van der Waals surface area contributed by atoms with Gasteiger partial charge in [0, 0.05) is 6.42 Å². The van der Waals surface area contributed by atoms with Crippen molar-refractivity contribution in [1.29, 1.82) is 0 Å². The van der Waals surface area contributed by atoms with E-state index in [1.165, 1.54) is 30.3 Å². The first-order chi connectivity index (χ1) is 6.74. The van der Waals surface area contributed by atoms with Crippen LogP contribution >= 0.6 is 0 Å². The normalized spacial score (nSPS) is 11.9. The van der Waals surface area contributed by atoms with Crippen LogP contribution in [0.25, 0.3) is 0 Å². The van der Waals surface area contributed by atoms with Gasteiger partial charge in [-0.25, -0.2) is 18.6 Å².